The van der Waals surface area contributed by atoms with Crippen LogP contribution in [-0.2, 0) is 6.54 Å². The Hall–Kier alpha value is -2.67. The zero-order valence-corrected chi connectivity index (χ0v) is 11.5. The third kappa shape index (κ3) is 3.67. The summed E-state index contributed by atoms with van der Waals surface area (Å²) in [7, 11) is 0. The molecule has 1 amide bonds. The number of hydrogen-bond acceptors (Lipinski definition) is 5. The molecule has 0 saturated carbocycles. The average Bonchev–Trinajstić information content (AvgIpc) is 2.45. The van der Waals surface area contributed by atoms with E-state index in [1.54, 1.807) is 24.3 Å². The number of halogens is 1. The van der Waals surface area contributed by atoms with Crippen LogP contribution in [0.5, 0.6) is 0 Å². The van der Waals surface area contributed by atoms with E-state index in [2.05, 4.69) is 10.3 Å². The highest BCUT2D eigenvalue weighted by molar-refractivity contribution is 6.30. The summed E-state index contributed by atoms with van der Waals surface area (Å²) in [5.41, 5.74) is 6.04. The number of nitrogens with zero attached hydrogens (tertiary/aromatic N) is 2. The molecule has 0 radical (unpaired) electrons. The van der Waals surface area contributed by atoms with Crippen molar-refractivity contribution in [3.05, 3.63) is 62.8 Å². The van der Waals surface area contributed by atoms with E-state index in [0.717, 1.165) is 17.8 Å². The van der Waals surface area contributed by atoms with Gasteiger partial charge in [-0.05, 0) is 17.7 Å². The molecule has 21 heavy (non-hydrogen) atoms. The summed E-state index contributed by atoms with van der Waals surface area (Å²) in [5, 5.41) is 13.8. The van der Waals surface area contributed by atoms with Gasteiger partial charge in [-0.2, -0.15) is 0 Å². The molecule has 8 heteroatoms. The van der Waals surface area contributed by atoms with Crippen molar-refractivity contribution in [3.8, 4) is 0 Å². The zero-order chi connectivity index (χ0) is 15.4. The molecule has 0 aliphatic rings. The molecule has 1 aromatic carbocycles. The molecule has 0 aliphatic carbocycles. The van der Waals surface area contributed by atoms with Crippen molar-refractivity contribution >= 4 is 29.0 Å². The number of nitro groups is 1. The highest BCUT2D eigenvalue weighted by Crippen LogP contribution is 2.17. The Morgan fingerprint density at radius 3 is 2.86 bits per heavy atom. The van der Waals surface area contributed by atoms with Crippen molar-refractivity contribution in [1.82, 2.24) is 10.3 Å². The number of amides is 1. The van der Waals surface area contributed by atoms with Crippen LogP contribution in [0.4, 0.5) is 11.5 Å². The van der Waals surface area contributed by atoms with Gasteiger partial charge in [0.2, 0.25) is 0 Å². The van der Waals surface area contributed by atoms with E-state index < -0.39 is 10.8 Å². The molecule has 0 saturated heterocycles. The Kier molecular flexibility index (Phi) is 4.34. The van der Waals surface area contributed by atoms with E-state index in [0.29, 0.717) is 5.02 Å². The van der Waals surface area contributed by atoms with Crippen LogP contribution in [0.15, 0.2) is 36.5 Å². The van der Waals surface area contributed by atoms with Gasteiger partial charge >= 0.3 is 0 Å². The summed E-state index contributed by atoms with van der Waals surface area (Å²) in [5.74, 6) is -0.604. The number of aromatic nitrogens is 1. The lowest BCUT2D eigenvalue weighted by Crippen LogP contribution is -2.24. The fourth-order valence-corrected chi connectivity index (χ4v) is 1.88. The van der Waals surface area contributed by atoms with Crippen LogP contribution < -0.4 is 11.1 Å². The first-order chi connectivity index (χ1) is 9.97. The second-order valence-corrected chi connectivity index (χ2v) is 4.63. The van der Waals surface area contributed by atoms with Crippen LogP contribution >= 0.6 is 11.6 Å². The zero-order valence-electron chi connectivity index (χ0n) is 10.7. The number of nitrogens with two attached hydrogens (primary N) is 1. The molecule has 108 valence electrons. The summed E-state index contributed by atoms with van der Waals surface area (Å²) in [6.45, 7) is 0.224. The highest BCUT2D eigenvalue weighted by atomic mass is 35.5. The lowest BCUT2D eigenvalue weighted by molar-refractivity contribution is -0.385. The second kappa shape index (κ2) is 6.19. The Morgan fingerprint density at radius 2 is 2.19 bits per heavy atom. The van der Waals surface area contributed by atoms with Crippen LogP contribution in [0.1, 0.15) is 15.9 Å². The minimum atomic E-state index is -0.639. The Morgan fingerprint density at radius 1 is 1.43 bits per heavy atom. The number of anilines is 1. The maximum atomic E-state index is 12.0. The molecular weight excluding hydrogens is 296 g/mol. The topological polar surface area (TPSA) is 111 Å². The van der Waals surface area contributed by atoms with E-state index in [4.69, 9.17) is 17.3 Å². The smallest absolute Gasteiger partial charge is 0.288 e. The highest BCUT2D eigenvalue weighted by Gasteiger charge is 2.16. The predicted octanol–water partition coefficient (Wildman–Crippen LogP) is 2.16. The number of nitrogen functional groups attached to an aromatic ring is 1. The van der Waals surface area contributed by atoms with Crippen LogP contribution in [0.2, 0.25) is 5.02 Å². The standard InChI is InChI=1S/C13H11ClN4O3/c14-9-3-1-2-8(4-9)6-17-13(19)11-5-10(18(20)21)7-16-12(11)15/h1-5,7H,6H2,(H2,15,16)(H,17,19). The molecule has 1 heterocycles. The maximum absolute atomic E-state index is 12.0. The summed E-state index contributed by atoms with van der Waals surface area (Å²) in [6.07, 6.45) is 1.00. The van der Waals surface area contributed by atoms with Crippen molar-refractivity contribution < 1.29 is 9.72 Å². The SMILES string of the molecule is Nc1ncc([N+](=O)[O-])cc1C(=O)NCc1cccc(Cl)c1. The first-order valence-corrected chi connectivity index (χ1v) is 6.27. The second-order valence-electron chi connectivity index (χ2n) is 4.20. The average molecular weight is 307 g/mol. The summed E-state index contributed by atoms with van der Waals surface area (Å²) >= 11 is 5.84. The largest absolute Gasteiger partial charge is 0.383 e. The van der Waals surface area contributed by atoms with Crippen molar-refractivity contribution in [3.63, 3.8) is 0 Å². The first-order valence-electron chi connectivity index (χ1n) is 5.90. The molecule has 0 fully saturated rings. The quantitative estimate of drug-likeness (QED) is 0.664. The molecule has 0 bridgehead atoms. The van der Waals surface area contributed by atoms with E-state index >= 15 is 0 Å². The van der Waals surface area contributed by atoms with Gasteiger partial charge in [0.25, 0.3) is 11.6 Å². The maximum Gasteiger partial charge on any atom is 0.288 e. The van der Waals surface area contributed by atoms with E-state index in [1.165, 1.54) is 0 Å². The van der Waals surface area contributed by atoms with Crippen LogP contribution in [-0.4, -0.2) is 15.8 Å². The molecule has 0 aliphatic heterocycles. The van der Waals surface area contributed by atoms with Crippen molar-refractivity contribution in [2.24, 2.45) is 0 Å². The van der Waals surface area contributed by atoms with Crippen LogP contribution in [0.25, 0.3) is 0 Å². The number of rotatable bonds is 4. The molecular formula is C13H11ClN4O3. The fraction of sp³-hybridized carbons (Fsp3) is 0.0769. The van der Waals surface area contributed by atoms with Crippen LogP contribution in [0.3, 0.4) is 0 Å². The molecule has 1 aromatic heterocycles. The van der Waals surface area contributed by atoms with Gasteiger partial charge in [0, 0.05) is 17.6 Å². The number of carbonyl (C=O) groups is 1. The molecule has 0 unspecified atom stereocenters. The van der Waals surface area contributed by atoms with Gasteiger partial charge in [-0.1, -0.05) is 23.7 Å². The molecule has 2 rings (SSSR count). The first kappa shape index (κ1) is 14.7. The Bertz CT molecular complexity index is 706. The number of carbonyl (C=O) groups excluding carboxylic acids is 1. The van der Waals surface area contributed by atoms with Gasteiger partial charge in [-0.25, -0.2) is 4.98 Å². The Balaban J connectivity index is 2.13. The van der Waals surface area contributed by atoms with E-state index in [1.807, 2.05) is 0 Å². The summed E-state index contributed by atoms with van der Waals surface area (Å²) in [6, 6.07) is 8.07. The van der Waals surface area contributed by atoms with Crippen molar-refractivity contribution in [1.29, 1.82) is 0 Å². The minimum absolute atomic E-state index is 0.0359. The predicted molar refractivity (Wildman–Crippen MR) is 77.9 cm³/mol. The monoisotopic (exact) mass is 306 g/mol. The molecule has 7 nitrogen and oxygen atoms in total. The van der Waals surface area contributed by atoms with Gasteiger partial charge in [-0.3, -0.25) is 14.9 Å². The van der Waals surface area contributed by atoms with E-state index in [9.17, 15) is 14.9 Å². The fourth-order valence-electron chi connectivity index (χ4n) is 1.67. The summed E-state index contributed by atoms with van der Waals surface area (Å²) < 4.78 is 0. The van der Waals surface area contributed by atoms with Gasteiger partial charge in [-0.15, -0.1) is 0 Å². The number of hydrogen-bond donors (Lipinski definition) is 2. The third-order valence-corrected chi connectivity index (χ3v) is 2.94. The Labute approximate surface area is 124 Å². The lowest BCUT2D eigenvalue weighted by Gasteiger charge is -2.07. The number of benzene rings is 1. The third-order valence-electron chi connectivity index (χ3n) is 2.70. The number of nitrogens with one attached hydrogen (secondary N) is 1. The van der Waals surface area contributed by atoms with Crippen molar-refractivity contribution in [2.45, 2.75) is 6.54 Å². The number of pyridine rings is 1. The molecule has 3 N–H and O–H groups in total. The van der Waals surface area contributed by atoms with Crippen molar-refractivity contribution in [2.75, 3.05) is 5.73 Å². The van der Waals surface area contributed by atoms with Gasteiger partial charge in [0.1, 0.15) is 12.0 Å². The van der Waals surface area contributed by atoms with E-state index in [-0.39, 0.29) is 23.6 Å². The minimum Gasteiger partial charge on any atom is -0.383 e. The lowest BCUT2D eigenvalue weighted by atomic mass is 10.2. The van der Waals surface area contributed by atoms with Gasteiger partial charge < -0.3 is 11.1 Å². The van der Waals surface area contributed by atoms with Gasteiger partial charge in [0.15, 0.2) is 0 Å². The summed E-state index contributed by atoms with van der Waals surface area (Å²) in [4.78, 5) is 25.7. The molecule has 2 aromatic rings. The van der Waals surface area contributed by atoms with Crippen LogP contribution in [0, 0.1) is 10.1 Å². The van der Waals surface area contributed by atoms with Gasteiger partial charge in [0.05, 0.1) is 10.5 Å². The molecule has 0 atom stereocenters. The molecule has 0 spiro atoms. The normalized spacial score (nSPS) is 10.1.